The van der Waals surface area contributed by atoms with E-state index < -0.39 is 6.09 Å². The first kappa shape index (κ1) is 20.2. The lowest BCUT2D eigenvalue weighted by molar-refractivity contribution is 0.0796. The molecule has 6 heteroatoms. The molecule has 1 aliphatic heterocycles. The SMILES string of the molecule is CCOC(=O)Nc1ccccc1Nc1cc2c(cc1O)[C@]13CCCC[C@@H]1[C@H](C2)NCC3. The number of rotatable bonds is 4. The van der Waals surface area contributed by atoms with Crippen LogP contribution in [0, 0.1) is 5.92 Å². The van der Waals surface area contributed by atoms with Gasteiger partial charge in [0.2, 0.25) is 0 Å². The van der Waals surface area contributed by atoms with Crippen LogP contribution in [0.1, 0.15) is 50.2 Å². The number of piperidine rings is 1. The zero-order chi connectivity index (χ0) is 21.4. The first-order chi connectivity index (χ1) is 15.1. The third kappa shape index (κ3) is 3.53. The highest BCUT2D eigenvalue weighted by molar-refractivity contribution is 5.91. The van der Waals surface area contributed by atoms with E-state index in [1.54, 1.807) is 6.92 Å². The Labute approximate surface area is 183 Å². The molecule has 2 bridgehead atoms. The van der Waals surface area contributed by atoms with Gasteiger partial charge in [0.25, 0.3) is 0 Å². The molecule has 31 heavy (non-hydrogen) atoms. The maximum Gasteiger partial charge on any atom is 0.411 e. The summed E-state index contributed by atoms with van der Waals surface area (Å²) in [4.78, 5) is 11.9. The van der Waals surface area contributed by atoms with Crippen LogP contribution in [0.2, 0.25) is 0 Å². The van der Waals surface area contributed by atoms with Crippen LogP contribution in [0.5, 0.6) is 5.75 Å². The summed E-state index contributed by atoms with van der Waals surface area (Å²) in [6, 6.07) is 12.1. The Hall–Kier alpha value is -2.73. The molecule has 6 nitrogen and oxygen atoms in total. The fourth-order valence-corrected chi connectivity index (χ4v) is 6.20. The number of ether oxygens (including phenoxy) is 1. The third-order valence-corrected chi connectivity index (χ3v) is 7.47. The van der Waals surface area contributed by atoms with E-state index in [4.69, 9.17) is 4.74 Å². The van der Waals surface area contributed by atoms with E-state index in [0.29, 0.717) is 35.6 Å². The summed E-state index contributed by atoms with van der Waals surface area (Å²) in [6.07, 6.45) is 6.75. The maximum absolute atomic E-state index is 11.9. The van der Waals surface area contributed by atoms with E-state index in [2.05, 4.69) is 22.0 Å². The Morgan fingerprint density at radius 2 is 2.03 bits per heavy atom. The molecule has 0 spiro atoms. The number of carbonyl (C=O) groups is 1. The zero-order valence-corrected chi connectivity index (χ0v) is 18.0. The molecular weight excluding hydrogens is 390 g/mol. The van der Waals surface area contributed by atoms with Crippen molar-refractivity contribution in [1.82, 2.24) is 5.32 Å². The second-order valence-electron chi connectivity index (χ2n) is 9.07. The number of hydrogen-bond acceptors (Lipinski definition) is 5. The molecule has 1 saturated carbocycles. The highest BCUT2D eigenvalue weighted by Crippen LogP contribution is 2.55. The molecule has 3 atom stereocenters. The minimum absolute atomic E-state index is 0.209. The van der Waals surface area contributed by atoms with Crippen LogP contribution in [-0.4, -0.2) is 30.4 Å². The number of benzene rings is 2. The number of hydrogen-bond donors (Lipinski definition) is 4. The van der Waals surface area contributed by atoms with E-state index >= 15 is 0 Å². The molecule has 2 fully saturated rings. The summed E-state index contributed by atoms with van der Waals surface area (Å²) in [5, 5.41) is 20.8. The van der Waals surface area contributed by atoms with Crippen molar-refractivity contribution < 1.29 is 14.6 Å². The van der Waals surface area contributed by atoms with Crippen LogP contribution in [0.15, 0.2) is 36.4 Å². The molecule has 4 N–H and O–H groups in total. The van der Waals surface area contributed by atoms with Crippen LogP contribution in [0.3, 0.4) is 0 Å². The van der Waals surface area contributed by atoms with Gasteiger partial charge in [-0.3, -0.25) is 5.32 Å². The Morgan fingerprint density at radius 3 is 2.87 bits per heavy atom. The van der Waals surface area contributed by atoms with Gasteiger partial charge < -0.3 is 20.5 Å². The molecule has 2 aliphatic carbocycles. The number of aromatic hydroxyl groups is 1. The molecule has 1 amide bonds. The highest BCUT2D eigenvalue weighted by atomic mass is 16.5. The van der Waals surface area contributed by atoms with Crippen molar-refractivity contribution >= 4 is 23.2 Å². The number of phenolic OH excluding ortho intramolecular Hbond substituents is 1. The smallest absolute Gasteiger partial charge is 0.411 e. The first-order valence-electron chi connectivity index (χ1n) is 11.5. The van der Waals surface area contributed by atoms with E-state index in [1.807, 2.05) is 30.3 Å². The summed E-state index contributed by atoms with van der Waals surface area (Å²) in [7, 11) is 0. The lowest BCUT2D eigenvalue weighted by Gasteiger charge is -2.56. The molecule has 0 radical (unpaired) electrons. The van der Waals surface area contributed by atoms with Crippen molar-refractivity contribution in [2.75, 3.05) is 23.8 Å². The predicted molar refractivity (Wildman–Crippen MR) is 122 cm³/mol. The van der Waals surface area contributed by atoms with Crippen LogP contribution >= 0.6 is 0 Å². The number of fused-ring (bicyclic) bond motifs is 1. The minimum Gasteiger partial charge on any atom is -0.506 e. The van der Waals surface area contributed by atoms with Gasteiger partial charge in [-0.1, -0.05) is 25.0 Å². The van der Waals surface area contributed by atoms with Gasteiger partial charge in [0.15, 0.2) is 0 Å². The average Bonchev–Trinajstić information content (AvgIpc) is 2.76. The van der Waals surface area contributed by atoms with Gasteiger partial charge in [-0.2, -0.15) is 0 Å². The van der Waals surface area contributed by atoms with Gasteiger partial charge in [0.05, 0.1) is 23.7 Å². The van der Waals surface area contributed by atoms with Crippen LogP contribution in [-0.2, 0) is 16.6 Å². The fourth-order valence-electron chi connectivity index (χ4n) is 6.20. The van der Waals surface area contributed by atoms with Gasteiger partial charge in [-0.05, 0) is 80.5 Å². The number of phenols is 1. The Balaban J connectivity index is 1.48. The maximum atomic E-state index is 11.9. The van der Waals surface area contributed by atoms with Gasteiger partial charge in [-0.25, -0.2) is 4.79 Å². The van der Waals surface area contributed by atoms with Crippen molar-refractivity contribution in [2.45, 2.75) is 56.9 Å². The van der Waals surface area contributed by atoms with Crippen LogP contribution in [0.4, 0.5) is 21.9 Å². The van der Waals surface area contributed by atoms with E-state index in [1.165, 1.54) is 36.8 Å². The summed E-state index contributed by atoms with van der Waals surface area (Å²) >= 11 is 0. The van der Waals surface area contributed by atoms with Gasteiger partial charge in [0.1, 0.15) is 5.75 Å². The highest BCUT2D eigenvalue weighted by Gasteiger charge is 2.51. The van der Waals surface area contributed by atoms with Crippen molar-refractivity contribution in [3.8, 4) is 5.75 Å². The lowest BCUT2D eigenvalue weighted by Crippen LogP contribution is -2.59. The van der Waals surface area contributed by atoms with Gasteiger partial charge in [-0.15, -0.1) is 0 Å². The summed E-state index contributed by atoms with van der Waals surface area (Å²) in [5.74, 6) is 0.940. The predicted octanol–water partition coefficient (Wildman–Crippen LogP) is 5.05. The number of para-hydroxylation sites is 2. The Morgan fingerprint density at radius 1 is 1.19 bits per heavy atom. The quantitative estimate of drug-likeness (QED) is 0.519. The number of carbonyl (C=O) groups excluding carboxylic acids is 1. The molecular formula is C25H31N3O3. The monoisotopic (exact) mass is 421 g/mol. The van der Waals surface area contributed by atoms with Crippen LogP contribution in [0.25, 0.3) is 0 Å². The summed E-state index contributed by atoms with van der Waals surface area (Å²) in [6.45, 7) is 3.15. The Kier molecular flexibility index (Phi) is 5.26. The molecule has 5 rings (SSSR count). The van der Waals surface area contributed by atoms with Crippen LogP contribution < -0.4 is 16.0 Å². The number of nitrogens with one attached hydrogen (secondary N) is 3. The molecule has 1 saturated heterocycles. The topological polar surface area (TPSA) is 82.6 Å². The van der Waals surface area contributed by atoms with Crippen molar-refractivity contribution in [1.29, 1.82) is 0 Å². The third-order valence-electron chi connectivity index (χ3n) is 7.47. The molecule has 3 aliphatic rings. The van der Waals surface area contributed by atoms with Crippen molar-refractivity contribution in [2.24, 2.45) is 5.92 Å². The molecule has 164 valence electrons. The Bertz CT molecular complexity index is 988. The number of amides is 1. The molecule has 0 unspecified atom stereocenters. The zero-order valence-electron chi connectivity index (χ0n) is 18.0. The summed E-state index contributed by atoms with van der Waals surface area (Å²) in [5.41, 5.74) is 4.89. The number of anilines is 3. The normalized spacial score (nSPS) is 26.4. The molecule has 0 aromatic heterocycles. The largest absolute Gasteiger partial charge is 0.506 e. The second-order valence-corrected chi connectivity index (χ2v) is 9.07. The van der Waals surface area contributed by atoms with Gasteiger partial charge in [0, 0.05) is 11.5 Å². The summed E-state index contributed by atoms with van der Waals surface area (Å²) < 4.78 is 5.01. The second kappa shape index (κ2) is 8.08. The fraction of sp³-hybridized carbons (Fsp3) is 0.480. The van der Waals surface area contributed by atoms with E-state index in [0.717, 1.165) is 19.4 Å². The lowest BCUT2D eigenvalue weighted by atomic mass is 9.53. The molecule has 1 heterocycles. The standard InChI is InChI=1S/C25H31N3O3/c1-2-31-24(30)28-20-9-4-3-8-19(20)27-22-14-16-13-21-17-7-5-6-10-25(17,11-12-26-21)18(16)15-23(22)29/h3-4,8-9,14-15,17,21,26-27,29H,2,5-7,10-13H2,1H3,(H,28,30)/t17-,21+,25+/m1/s1. The van der Waals surface area contributed by atoms with E-state index in [9.17, 15) is 9.90 Å². The van der Waals surface area contributed by atoms with E-state index in [-0.39, 0.29) is 11.2 Å². The van der Waals surface area contributed by atoms with Crippen molar-refractivity contribution in [3.05, 3.63) is 47.5 Å². The van der Waals surface area contributed by atoms with Crippen molar-refractivity contribution in [3.63, 3.8) is 0 Å². The first-order valence-corrected chi connectivity index (χ1v) is 11.5. The minimum atomic E-state index is -0.493. The molecule has 2 aromatic carbocycles. The average molecular weight is 422 g/mol. The molecule has 2 aromatic rings. The van der Waals surface area contributed by atoms with Gasteiger partial charge >= 0.3 is 6.09 Å².